The first kappa shape index (κ1) is 15.0. The van der Waals surface area contributed by atoms with Crippen LogP contribution >= 0.6 is 11.8 Å². The molecular weight excluding hydrogens is 326 g/mol. The quantitative estimate of drug-likeness (QED) is 0.802. The van der Waals surface area contributed by atoms with Crippen molar-refractivity contribution in [2.24, 2.45) is 0 Å². The van der Waals surface area contributed by atoms with Gasteiger partial charge in [0.25, 0.3) is 5.24 Å². The average Bonchev–Trinajstić information content (AvgIpc) is 2.78. The number of benzene rings is 1. The molecule has 7 nitrogen and oxygen atoms in total. The number of hydrogen-bond acceptors (Lipinski definition) is 6. The summed E-state index contributed by atoms with van der Waals surface area (Å²) in [5.74, 6) is -0.145. The Kier molecular flexibility index (Phi) is 3.68. The number of thioether (sulfide) groups is 1. The molecule has 3 rings (SSSR count). The SMILES string of the molecule is N#Cc1ccc(S(=O)(=O)N2CC(N3C(=O)CSC3=O)C2)cc1. The smallest absolute Gasteiger partial charge is 0.273 e. The lowest BCUT2D eigenvalue weighted by Crippen LogP contribution is -2.61. The van der Waals surface area contributed by atoms with Gasteiger partial charge in [0.05, 0.1) is 28.3 Å². The highest BCUT2D eigenvalue weighted by atomic mass is 32.2. The highest BCUT2D eigenvalue weighted by Gasteiger charge is 2.45. The van der Waals surface area contributed by atoms with Crippen LogP contribution in [0.3, 0.4) is 0 Å². The minimum atomic E-state index is -3.66. The van der Waals surface area contributed by atoms with Crippen LogP contribution in [-0.4, -0.2) is 53.7 Å². The first-order valence-electron chi connectivity index (χ1n) is 6.42. The van der Waals surface area contributed by atoms with Crippen LogP contribution in [0.2, 0.25) is 0 Å². The van der Waals surface area contributed by atoms with Gasteiger partial charge in [0.1, 0.15) is 0 Å². The Labute approximate surface area is 131 Å². The molecule has 0 N–H and O–H groups in total. The third kappa shape index (κ3) is 2.39. The van der Waals surface area contributed by atoms with Crippen molar-refractivity contribution in [3.8, 4) is 6.07 Å². The van der Waals surface area contributed by atoms with E-state index in [1.807, 2.05) is 6.07 Å². The minimum absolute atomic E-state index is 0.0957. The maximum Gasteiger partial charge on any atom is 0.289 e. The minimum Gasteiger partial charge on any atom is -0.273 e. The van der Waals surface area contributed by atoms with Crippen molar-refractivity contribution in [2.45, 2.75) is 10.9 Å². The Hall–Kier alpha value is -1.89. The van der Waals surface area contributed by atoms with Gasteiger partial charge in [-0.15, -0.1) is 0 Å². The lowest BCUT2D eigenvalue weighted by Gasteiger charge is -2.41. The first-order chi connectivity index (χ1) is 10.4. The van der Waals surface area contributed by atoms with Crippen molar-refractivity contribution >= 4 is 32.9 Å². The summed E-state index contributed by atoms with van der Waals surface area (Å²) in [4.78, 5) is 24.4. The molecule has 2 aliphatic rings. The van der Waals surface area contributed by atoms with E-state index in [2.05, 4.69) is 0 Å². The molecule has 1 aromatic rings. The molecule has 0 saturated carbocycles. The van der Waals surface area contributed by atoms with Crippen molar-refractivity contribution in [2.75, 3.05) is 18.8 Å². The lowest BCUT2D eigenvalue weighted by atomic mass is 10.1. The molecular formula is C13H11N3O4S2. The molecule has 2 amide bonds. The predicted molar refractivity (Wildman–Crippen MR) is 78.4 cm³/mol. The molecule has 2 saturated heterocycles. The summed E-state index contributed by atoms with van der Waals surface area (Å²) >= 11 is 0.939. The maximum absolute atomic E-state index is 12.4. The van der Waals surface area contributed by atoms with E-state index in [4.69, 9.17) is 5.26 Å². The third-order valence-electron chi connectivity index (χ3n) is 3.60. The van der Waals surface area contributed by atoms with Gasteiger partial charge in [0.15, 0.2) is 0 Å². The normalized spacial score (nSPS) is 20.0. The van der Waals surface area contributed by atoms with Crippen LogP contribution in [0.1, 0.15) is 5.56 Å². The molecule has 2 fully saturated rings. The Bertz CT molecular complexity index is 760. The monoisotopic (exact) mass is 337 g/mol. The van der Waals surface area contributed by atoms with Gasteiger partial charge in [-0.25, -0.2) is 8.42 Å². The zero-order valence-corrected chi connectivity index (χ0v) is 12.9. The zero-order chi connectivity index (χ0) is 15.9. The topological polar surface area (TPSA) is 98.5 Å². The van der Waals surface area contributed by atoms with Crippen molar-refractivity contribution in [1.29, 1.82) is 5.26 Å². The van der Waals surface area contributed by atoms with Crippen molar-refractivity contribution in [1.82, 2.24) is 9.21 Å². The highest BCUT2D eigenvalue weighted by molar-refractivity contribution is 8.14. The molecule has 0 radical (unpaired) electrons. The molecule has 1 aromatic carbocycles. The molecule has 0 atom stereocenters. The molecule has 0 spiro atoms. The van der Waals surface area contributed by atoms with Crippen LogP contribution in [0.25, 0.3) is 0 Å². The zero-order valence-electron chi connectivity index (χ0n) is 11.3. The first-order valence-corrected chi connectivity index (χ1v) is 8.85. The van der Waals surface area contributed by atoms with Gasteiger partial charge in [-0.2, -0.15) is 9.57 Å². The number of imide groups is 1. The van der Waals surface area contributed by atoms with E-state index in [0.717, 1.165) is 16.7 Å². The Morgan fingerprint density at radius 2 is 1.82 bits per heavy atom. The second-order valence-electron chi connectivity index (χ2n) is 4.93. The summed E-state index contributed by atoms with van der Waals surface area (Å²) in [6.07, 6.45) is 0. The van der Waals surface area contributed by atoms with E-state index in [1.165, 1.54) is 28.6 Å². The lowest BCUT2D eigenvalue weighted by molar-refractivity contribution is -0.127. The van der Waals surface area contributed by atoms with Crippen LogP contribution in [0.4, 0.5) is 4.79 Å². The van der Waals surface area contributed by atoms with E-state index in [9.17, 15) is 18.0 Å². The fourth-order valence-corrected chi connectivity index (χ4v) is 4.63. The summed E-state index contributed by atoms with van der Waals surface area (Å²) in [6.45, 7) is 0.223. The molecule has 0 bridgehead atoms. The molecule has 0 aromatic heterocycles. The van der Waals surface area contributed by atoms with Gasteiger partial charge >= 0.3 is 0 Å². The van der Waals surface area contributed by atoms with Gasteiger partial charge < -0.3 is 0 Å². The number of amides is 2. The van der Waals surface area contributed by atoms with Crippen LogP contribution < -0.4 is 0 Å². The van der Waals surface area contributed by atoms with Gasteiger partial charge in [0.2, 0.25) is 15.9 Å². The number of carbonyl (C=O) groups is 2. The maximum atomic E-state index is 12.4. The van der Waals surface area contributed by atoms with E-state index in [1.54, 1.807) is 0 Å². The molecule has 9 heteroatoms. The third-order valence-corrected chi connectivity index (χ3v) is 6.28. The molecule has 2 heterocycles. The average molecular weight is 337 g/mol. The summed E-state index contributed by atoms with van der Waals surface area (Å²) in [5.41, 5.74) is 0.380. The van der Waals surface area contributed by atoms with Gasteiger partial charge in [-0.3, -0.25) is 14.5 Å². The number of rotatable bonds is 3. The summed E-state index contributed by atoms with van der Waals surface area (Å²) in [5, 5.41) is 8.41. The standard InChI is InChI=1S/C13H11N3O4S2/c14-5-9-1-3-11(4-2-9)22(19,20)15-6-10(7-15)16-12(17)8-21-13(16)18/h1-4,10H,6-8H2. The van der Waals surface area contributed by atoms with Crippen LogP contribution in [0, 0.1) is 11.3 Å². The molecule has 114 valence electrons. The molecule has 0 unspecified atom stereocenters. The summed E-state index contributed by atoms with van der Waals surface area (Å²) < 4.78 is 26.0. The number of sulfonamides is 1. The van der Waals surface area contributed by atoms with E-state index >= 15 is 0 Å². The van der Waals surface area contributed by atoms with Crippen molar-refractivity contribution in [3.63, 3.8) is 0 Å². The van der Waals surface area contributed by atoms with E-state index in [-0.39, 0.29) is 40.9 Å². The largest absolute Gasteiger partial charge is 0.289 e. The van der Waals surface area contributed by atoms with Gasteiger partial charge in [-0.05, 0) is 24.3 Å². The number of nitriles is 1. The number of hydrogen-bond donors (Lipinski definition) is 0. The molecule has 0 aliphatic carbocycles. The Morgan fingerprint density at radius 1 is 1.18 bits per heavy atom. The second kappa shape index (κ2) is 5.39. The fourth-order valence-electron chi connectivity index (χ4n) is 2.34. The second-order valence-corrected chi connectivity index (χ2v) is 7.79. The van der Waals surface area contributed by atoms with Crippen molar-refractivity contribution < 1.29 is 18.0 Å². The van der Waals surface area contributed by atoms with Crippen LogP contribution in [0.5, 0.6) is 0 Å². The molecule has 22 heavy (non-hydrogen) atoms. The Morgan fingerprint density at radius 3 is 2.32 bits per heavy atom. The van der Waals surface area contributed by atoms with Gasteiger partial charge in [-0.1, -0.05) is 11.8 Å². The number of carbonyl (C=O) groups excluding carboxylic acids is 2. The fraction of sp³-hybridized carbons (Fsp3) is 0.308. The van der Waals surface area contributed by atoms with Crippen LogP contribution in [-0.2, 0) is 14.8 Å². The summed E-state index contributed by atoms with van der Waals surface area (Å²) in [6, 6.07) is 7.17. The van der Waals surface area contributed by atoms with E-state index < -0.39 is 10.0 Å². The van der Waals surface area contributed by atoms with Gasteiger partial charge in [0, 0.05) is 13.1 Å². The number of nitrogens with zero attached hydrogens (tertiary/aromatic N) is 3. The highest BCUT2D eigenvalue weighted by Crippen LogP contribution is 2.29. The van der Waals surface area contributed by atoms with Crippen LogP contribution in [0.15, 0.2) is 29.2 Å². The molecule has 2 aliphatic heterocycles. The summed E-state index contributed by atoms with van der Waals surface area (Å²) in [7, 11) is -3.66. The Balaban J connectivity index is 1.72. The van der Waals surface area contributed by atoms with Crippen molar-refractivity contribution in [3.05, 3.63) is 29.8 Å². The predicted octanol–water partition coefficient (Wildman–Crippen LogP) is 0.627. The van der Waals surface area contributed by atoms with E-state index in [0.29, 0.717) is 5.56 Å².